The number of hydrogen-bond donors (Lipinski definition) is 1. The molecule has 1 aromatic heterocycles. The molecule has 41 heavy (non-hydrogen) atoms. The standard InChI is InChI=1S/C34H35BrN2O3S/c1-34(2,3)24-15-16-26-29(19-24)41-33(30(26)32(38)37-25-13-9-6-10-14-25)36-20-23-17-27(35)31(28(18-23)39-4)40-21-22-11-7-5-8-12-22/h5-14,17-18,20,24H,15-16,19,21H2,1-4H3,(H,37,38)/t24-/m0/s1. The predicted molar refractivity (Wildman–Crippen MR) is 172 cm³/mol. The van der Waals surface area contributed by atoms with E-state index < -0.39 is 0 Å². The number of anilines is 1. The highest BCUT2D eigenvalue weighted by Crippen LogP contribution is 2.45. The van der Waals surface area contributed by atoms with E-state index >= 15 is 0 Å². The molecule has 1 aliphatic carbocycles. The van der Waals surface area contributed by atoms with Crippen molar-refractivity contribution in [2.45, 2.75) is 46.6 Å². The zero-order valence-electron chi connectivity index (χ0n) is 23.9. The molecule has 0 bridgehead atoms. The Balaban J connectivity index is 1.45. The fourth-order valence-electron chi connectivity index (χ4n) is 5.17. The number of benzene rings is 3. The maximum Gasteiger partial charge on any atom is 0.259 e. The van der Waals surface area contributed by atoms with E-state index in [1.54, 1.807) is 24.7 Å². The molecule has 1 heterocycles. The average molecular weight is 632 g/mol. The second-order valence-electron chi connectivity index (χ2n) is 11.4. The number of fused-ring (bicyclic) bond motifs is 1. The summed E-state index contributed by atoms with van der Waals surface area (Å²) in [5, 5.41) is 3.82. The Hall–Kier alpha value is -3.42. The molecule has 5 nitrogen and oxygen atoms in total. The Labute approximate surface area is 254 Å². The minimum absolute atomic E-state index is 0.113. The molecule has 1 N–H and O–H groups in total. The van der Waals surface area contributed by atoms with E-state index in [0.717, 1.165) is 51.1 Å². The molecule has 1 amide bonds. The third-order valence-electron chi connectivity index (χ3n) is 7.54. The number of halogens is 1. The van der Waals surface area contributed by atoms with Crippen molar-refractivity contribution >= 4 is 50.1 Å². The summed E-state index contributed by atoms with van der Waals surface area (Å²) in [4.78, 5) is 19.8. The van der Waals surface area contributed by atoms with Crippen molar-refractivity contribution in [2.75, 3.05) is 12.4 Å². The summed E-state index contributed by atoms with van der Waals surface area (Å²) in [7, 11) is 1.63. The van der Waals surface area contributed by atoms with E-state index in [-0.39, 0.29) is 11.3 Å². The van der Waals surface area contributed by atoms with E-state index in [1.807, 2.05) is 72.8 Å². The lowest BCUT2D eigenvalue weighted by atomic mass is 9.72. The van der Waals surface area contributed by atoms with Crippen LogP contribution in [-0.4, -0.2) is 19.2 Å². The van der Waals surface area contributed by atoms with E-state index in [2.05, 4.69) is 42.0 Å². The molecule has 1 aliphatic rings. The molecule has 0 unspecified atom stereocenters. The normalized spacial score (nSPS) is 15.0. The van der Waals surface area contributed by atoms with Gasteiger partial charge in [-0.3, -0.25) is 4.79 Å². The second kappa shape index (κ2) is 12.6. The molecule has 0 spiro atoms. The molecular weight excluding hydrogens is 596 g/mol. The third kappa shape index (κ3) is 6.91. The first-order chi connectivity index (χ1) is 19.7. The summed E-state index contributed by atoms with van der Waals surface area (Å²) in [6, 6.07) is 23.5. The molecule has 0 aliphatic heterocycles. The lowest BCUT2D eigenvalue weighted by Crippen LogP contribution is -2.27. The highest BCUT2D eigenvalue weighted by Gasteiger charge is 2.33. The molecule has 5 rings (SSSR count). The van der Waals surface area contributed by atoms with Crippen LogP contribution in [0, 0.1) is 11.3 Å². The number of rotatable bonds is 8. The molecule has 0 saturated carbocycles. The van der Waals surface area contributed by atoms with E-state index in [0.29, 0.717) is 29.6 Å². The summed E-state index contributed by atoms with van der Waals surface area (Å²) in [5.74, 6) is 1.70. The molecule has 7 heteroatoms. The maximum atomic E-state index is 13.6. The minimum atomic E-state index is -0.113. The summed E-state index contributed by atoms with van der Waals surface area (Å²) < 4.78 is 12.5. The quantitative estimate of drug-likeness (QED) is 0.197. The van der Waals surface area contributed by atoms with Gasteiger partial charge >= 0.3 is 0 Å². The number of carbonyl (C=O) groups is 1. The minimum Gasteiger partial charge on any atom is -0.493 e. The fourth-order valence-corrected chi connectivity index (χ4v) is 7.01. The van der Waals surface area contributed by atoms with Crippen LogP contribution in [0.25, 0.3) is 0 Å². The number of para-hydroxylation sites is 1. The molecule has 0 fully saturated rings. The summed E-state index contributed by atoms with van der Waals surface area (Å²) in [6.07, 6.45) is 4.72. The molecular formula is C34H35BrN2O3S. The first-order valence-electron chi connectivity index (χ1n) is 13.8. The molecule has 3 aromatic carbocycles. The number of nitrogens with zero attached hydrogens (tertiary/aromatic N) is 1. The zero-order chi connectivity index (χ0) is 29.0. The van der Waals surface area contributed by atoms with Crippen LogP contribution in [0.2, 0.25) is 0 Å². The van der Waals surface area contributed by atoms with Crippen molar-refractivity contribution in [3.8, 4) is 11.5 Å². The van der Waals surface area contributed by atoms with Crippen LogP contribution in [0.3, 0.4) is 0 Å². The zero-order valence-corrected chi connectivity index (χ0v) is 26.3. The lowest BCUT2D eigenvalue weighted by molar-refractivity contribution is 0.102. The van der Waals surface area contributed by atoms with Crippen LogP contribution in [0.4, 0.5) is 10.7 Å². The predicted octanol–water partition coefficient (Wildman–Crippen LogP) is 9.25. The van der Waals surface area contributed by atoms with Gasteiger partial charge in [-0.2, -0.15) is 0 Å². The van der Waals surface area contributed by atoms with Gasteiger partial charge in [0.1, 0.15) is 11.6 Å². The van der Waals surface area contributed by atoms with E-state index in [1.165, 1.54) is 4.88 Å². The molecule has 1 atom stereocenters. The number of aliphatic imine (C=N–C) groups is 1. The largest absolute Gasteiger partial charge is 0.493 e. The second-order valence-corrected chi connectivity index (χ2v) is 13.3. The number of carbonyl (C=O) groups excluding carboxylic acids is 1. The maximum absolute atomic E-state index is 13.6. The van der Waals surface area contributed by atoms with E-state index in [9.17, 15) is 4.79 Å². The Morgan fingerprint density at radius 1 is 1.10 bits per heavy atom. The summed E-state index contributed by atoms with van der Waals surface area (Å²) in [6.45, 7) is 7.34. The average Bonchev–Trinajstić information content (AvgIpc) is 3.33. The number of hydrogen-bond acceptors (Lipinski definition) is 5. The van der Waals surface area contributed by atoms with Crippen LogP contribution < -0.4 is 14.8 Å². The van der Waals surface area contributed by atoms with Gasteiger partial charge in [0.05, 0.1) is 17.1 Å². The number of thiophene rings is 1. The number of amides is 1. The van der Waals surface area contributed by atoms with Gasteiger partial charge in [-0.15, -0.1) is 11.3 Å². The number of nitrogens with one attached hydrogen (secondary N) is 1. The van der Waals surface area contributed by atoms with Crippen molar-refractivity contribution in [3.05, 3.63) is 104 Å². The van der Waals surface area contributed by atoms with Gasteiger partial charge in [0.25, 0.3) is 5.91 Å². The van der Waals surface area contributed by atoms with Crippen LogP contribution in [-0.2, 0) is 19.4 Å². The molecule has 0 saturated heterocycles. The van der Waals surface area contributed by atoms with Crippen LogP contribution in [0.1, 0.15) is 59.1 Å². The number of ether oxygens (including phenoxy) is 2. The van der Waals surface area contributed by atoms with Crippen molar-refractivity contribution in [1.29, 1.82) is 0 Å². The van der Waals surface area contributed by atoms with Crippen molar-refractivity contribution < 1.29 is 14.3 Å². The SMILES string of the molecule is COc1cc(C=Nc2sc3c(c2C(=O)Nc2ccccc2)CC[C@H](C(C)(C)C)C3)cc(Br)c1OCc1ccccc1. The molecule has 4 aromatic rings. The van der Waals surface area contributed by atoms with Gasteiger partial charge < -0.3 is 14.8 Å². The monoisotopic (exact) mass is 630 g/mol. The van der Waals surface area contributed by atoms with Gasteiger partial charge in [-0.25, -0.2) is 4.99 Å². The van der Waals surface area contributed by atoms with Crippen molar-refractivity contribution in [1.82, 2.24) is 0 Å². The Morgan fingerprint density at radius 2 is 1.80 bits per heavy atom. The van der Waals surface area contributed by atoms with Crippen LogP contribution in [0.5, 0.6) is 11.5 Å². The Bertz CT molecular complexity index is 1540. The van der Waals surface area contributed by atoms with Crippen molar-refractivity contribution in [3.63, 3.8) is 0 Å². The smallest absolute Gasteiger partial charge is 0.259 e. The van der Waals surface area contributed by atoms with Crippen LogP contribution in [0.15, 0.2) is 82.3 Å². The highest BCUT2D eigenvalue weighted by atomic mass is 79.9. The van der Waals surface area contributed by atoms with Gasteiger partial charge in [0, 0.05) is 16.8 Å². The number of methoxy groups -OCH3 is 1. The van der Waals surface area contributed by atoms with Crippen LogP contribution >= 0.6 is 27.3 Å². The first-order valence-corrected chi connectivity index (χ1v) is 15.4. The fraction of sp³-hybridized carbons (Fsp3) is 0.294. The Morgan fingerprint density at radius 3 is 2.49 bits per heavy atom. The topological polar surface area (TPSA) is 59.9 Å². The lowest BCUT2D eigenvalue weighted by Gasteiger charge is -2.33. The highest BCUT2D eigenvalue weighted by molar-refractivity contribution is 9.10. The van der Waals surface area contributed by atoms with Crippen molar-refractivity contribution in [2.24, 2.45) is 16.3 Å². The first kappa shape index (κ1) is 29.1. The van der Waals surface area contributed by atoms with Gasteiger partial charge in [-0.05, 0) is 87.5 Å². The van der Waals surface area contributed by atoms with E-state index in [4.69, 9.17) is 14.5 Å². The third-order valence-corrected chi connectivity index (χ3v) is 9.29. The van der Waals surface area contributed by atoms with Gasteiger partial charge in [-0.1, -0.05) is 69.3 Å². The summed E-state index contributed by atoms with van der Waals surface area (Å²) in [5.41, 5.74) is 4.73. The van der Waals surface area contributed by atoms with Gasteiger partial charge in [0.2, 0.25) is 0 Å². The Kier molecular flexibility index (Phi) is 8.95. The summed E-state index contributed by atoms with van der Waals surface area (Å²) >= 11 is 5.29. The van der Waals surface area contributed by atoms with Gasteiger partial charge in [0.15, 0.2) is 11.5 Å². The molecule has 212 valence electrons. The molecule has 0 radical (unpaired) electrons.